The fourth-order valence-electron chi connectivity index (χ4n) is 4.48. The lowest BCUT2D eigenvalue weighted by Gasteiger charge is -2.33. The third-order valence-electron chi connectivity index (χ3n) is 6.29. The quantitative estimate of drug-likeness (QED) is 0.154. The van der Waals surface area contributed by atoms with Crippen molar-refractivity contribution in [1.82, 2.24) is 0 Å². The van der Waals surface area contributed by atoms with E-state index in [0.717, 1.165) is 40.6 Å². The van der Waals surface area contributed by atoms with Crippen LogP contribution in [0.4, 0.5) is 0 Å². The fourth-order valence-corrected chi connectivity index (χ4v) is 6.76. The van der Waals surface area contributed by atoms with E-state index in [-0.39, 0.29) is 18.5 Å². The molecule has 4 rings (SSSR count). The Morgan fingerprint density at radius 1 is 0.758 bits per heavy atom. The number of hydrogen-bond donors (Lipinski definition) is 0. The molecule has 2 saturated heterocycles. The van der Waals surface area contributed by atoms with Crippen LogP contribution < -0.4 is 4.74 Å². The summed E-state index contributed by atoms with van der Waals surface area (Å²) in [6.07, 6.45) is 13.6. The monoisotopic (exact) mass is 798 g/mol. The predicted octanol–water partition coefficient (Wildman–Crippen LogP) is 7.63. The lowest BCUT2D eigenvalue weighted by molar-refractivity contribution is -0.215. The minimum absolute atomic E-state index is 0.247. The summed E-state index contributed by atoms with van der Waals surface area (Å²) in [4.78, 5) is 0. The van der Waals surface area contributed by atoms with Gasteiger partial charge in [-0.15, -0.1) is 0 Å². The molecule has 0 spiro atoms. The van der Waals surface area contributed by atoms with Crippen LogP contribution in [-0.2, 0) is 18.9 Å². The molecule has 3 aliphatic rings. The van der Waals surface area contributed by atoms with Crippen LogP contribution in [0.2, 0.25) is 0 Å². The van der Waals surface area contributed by atoms with Crippen molar-refractivity contribution in [1.29, 1.82) is 0 Å². The average Bonchev–Trinajstić information content (AvgIpc) is 2.82. The summed E-state index contributed by atoms with van der Waals surface area (Å²) in [7, 11) is 1.68. The predicted molar refractivity (Wildman–Crippen MR) is 156 cm³/mol. The summed E-state index contributed by atoms with van der Waals surface area (Å²) in [5.41, 5.74) is 1.02. The molecule has 0 aromatic heterocycles. The van der Waals surface area contributed by atoms with Crippen molar-refractivity contribution in [3.05, 3.63) is 22.3 Å². The largest absolute Gasteiger partial charge is 0.490 e. The second-order valence-electron chi connectivity index (χ2n) is 8.84. The van der Waals surface area contributed by atoms with Gasteiger partial charge in [0.15, 0.2) is 6.29 Å². The number of halogens is 3. The molecule has 8 heteroatoms. The summed E-state index contributed by atoms with van der Waals surface area (Å²) < 4.78 is 33.9. The van der Waals surface area contributed by atoms with Crippen molar-refractivity contribution in [3.63, 3.8) is 0 Å². The number of benzene rings is 1. The van der Waals surface area contributed by atoms with Gasteiger partial charge < -0.3 is 23.7 Å². The summed E-state index contributed by atoms with van der Waals surface area (Å²) in [6, 6.07) is 2.20. The first-order valence-corrected chi connectivity index (χ1v) is 15.5. The van der Waals surface area contributed by atoms with Crippen molar-refractivity contribution < 1.29 is 23.7 Å². The van der Waals surface area contributed by atoms with E-state index >= 15 is 0 Å². The van der Waals surface area contributed by atoms with Gasteiger partial charge in [0.05, 0.1) is 41.2 Å². The third kappa shape index (κ3) is 9.46. The topological polar surface area (TPSA) is 46.2 Å². The summed E-state index contributed by atoms with van der Waals surface area (Å²) in [6.45, 7) is 2.19. The highest BCUT2D eigenvalue weighted by Gasteiger charge is 2.30. The number of hydrogen-bond acceptors (Lipinski definition) is 5. The number of ether oxygens (including phenoxy) is 5. The molecule has 188 valence electrons. The highest BCUT2D eigenvalue weighted by atomic mass is 127. The molecular weight excluding hydrogens is 761 g/mol. The first-order chi connectivity index (χ1) is 16.1. The highest BCUT2D eigenvalue weighted by Crippen LogP contribution is 2.41. The SMILES string of the molecule is COCCOCCOc1c(C2OC3CCCCCCCCC(CCC3)O2)cc(I)c(I)c1I. The zero-order valence-corrected chi connectivity index (χ0v) is 26.1. The van der Waals surface area contributed by atoms with Crippen LogP contribution in [0.5, 0.6) is 5.75 Å². The lowest BCUT2D eigenvalue weighted by Crippen LogP contribution is -2.28. The molecule has 3 fully saturated rings. The first-order valence-electron chi connectivity index (χ1n) is 12.3. The number of methoxy groups -OCH3 is 1. The van der Waals surface area contributed by atoms with Crippen molar-refractivity contribution in [3.8, 4) is 5.75 Å². The summed E-state index contributed by atoms with van der Waals surface area (Å²) in [5, 5.41) is 0. The number of rotatable bonds is 8. The maximum absolute atomic E-state index is 6.71. The van der Waals surface area contributed by atoms with Gasteiger partial charge in [0.1, 0.15) is 12.4 Å². The zero-order valence-electron chi connectivity index (χ0n) is 19.6. The van der Waals surface area contributed by atoms with E-state index in [0.29, 0.717) is 26.4 Å². The van der Waals surface area contributed by atoms with Crippen LogP contribution in [0.15, 0.2) is 6.07 Å². The molecule has 2 bridgehead atoms. The molecule has 2 heterocycles. The van der Waals surface area contributed by atoms with E-state index in [9.17, 15) is 0 Å². The van der Waals surface area contributed by atoms with E-state index in [1.54, 1.807) is 7.11 Å². The molecule has 0 N–H and O–H groups in total. The van der Waals surface area contributed by atoms with E-state index in [2.05, 4.69) is 73.8 Å². The molecule has 33 heavy (non-hydrogen) atoms. The maximum atomic E-state index is 6.71. The summed E-state index contributed by atoms with van der Waals surface area (Å²) >= 11 is 7.21. The Morgan fingerprint density at radius 2 is 1.33 bits per heavy atom. The van der Waals surface area contributed by atoms with Gasteiger partial charge in [0, 0.05) is 14.3 Å². The molecule has 1 saturated carbocycles. The van der Waals surface area contributed by atoms with Crippen LogP contribution in [0, 0.1) is 10.7 Å². The van der Waals surface area contributed by atoms with Crippen LogP contribution in [0.3, 0.4) is 0 Å². The second-order valence-corrected chi connectivity index (χ2v) is 12.2. The Labute approximate surface area is 240 Å². The van der Waals surface area contributed by atoms with E-state index in [1.165, 1.54) is 52.1 Å². The van der Waals surface area contributed by atoms with E-state index in [1.807, 2.05) is 0 Å². The Morgan fingerprint density at radius 3 is 1.97 bits per heavy atom. The molecule has 2 atom stereocenters. The Hall–Kier alpha value is 1.05. The fraction of sp³-hybridized carbons (Fsp3) is 0.760. The van der Waals surface area contributed by atoms with E-state index < -0.39 is 0 Å². The minimum atomic E-state index is -0.385. The van der Waals surface area contributed by atoms with E-state index in [4.69, 9.17) is 23.7 Å². The van der Waals surface area contributed by atoms with Gasteiger partial charge in [0.25, 0.3) is 0 Å². The van der Waals surface area contributed by atoms with Crippen LogP contribution in [0.1, 0.15) is 82.5 Å². The smallest absolute Gasteiger partial charge is 0.188 e. The van der Waals surface area contributed by atoms with Crippen molar-refractivity contribution in [2.24, 2.45) is 0 Å². The minimum Gasteiger partial charge on any atom is -0.490 e. The third-order valence-corrected chi connectivity index (χ3v) is 11.4. The molecule has 1 aromatic carbocycles. The zero-order chi connectivity index (χ0) is 23.5. The van der Waals surface area contributed by atoms with Gasteiger partial charge in [-0.3, -0.25) is 0 Å². The Kier molecular flexibility index (Phi) is 13.9. The van der Waals surface area contributed by atoms with Gasteiger partial charge in [-0.05, 0) is 106 Å². The molecule has 0 radical (unpaired) electrons. The molecule has 2 aliphatic heterocycles. The second kappa shape index (κ2) is 16.0. The molecule has 0 amide bonds. The maximum Gasteiger partial charge on any atom is 0.188 e. The van der Waals surface area contributed by atoms with Gasteiger partial charge >= 0.3 is 0 Å². The summed E-state index contributed by atoms with van der Waals surface area (Å²) in [5.74, 6) is 0.878. The van der Waals surface area contributed by atoms with Crippen LogP contribution in [-0.4, -0.2) is 45.7 Å². The highest BCUT2D eigenvalue weighted by molar-refractivity contribution is 14.1. The average molecular weight is 798 g/mol. The van der Waals surface area contributed by atoms with Crippen LogP contribution >= 0.6 is 67.8 Å². The van der Waals surface area contributed by atoms with Gasteiger partial charge in [-0.2, -0.15) is 0 Å². The van der Waals surface area contributed by atoms with Gasteiger partial charge in [0.2, 0.25) is 0 Å². The molecule has 2 unspecified atom stereocenters. The van der Waals surface area contributed by atoms with Crippen molar-refractivity contribution in [2.45, 2.75) is 89.1 Å². The molecular formula is C25H37I3O5. The molecule has 1 aliphatic carbocycles. The Balaban J connectivity index is 1.82. The lowest BCUT2D eigenvalue weighted by atomic mass is 10.0. The van der Waals surface area contributed by atoms with Gasteiger partial charge in [-0.1, -0.05) is 38.5 Å². The first kappa shape index (κ1) is 28.6. The Bertz CT molecular complexity index is 694. The standard InChI is InChI=1S/C25H37I3O5/c1-29-13-14-30-15-16-31-24-20(17-21(26)22(27)23(24)28)25-32-18-9-6-4-2-3-5-7-10-19(33-25)12-8-11-18/h17-19,25H,2-16H2,1H3. The molecule has 1 aromatic rings. The molecule has 5 nitrogen and oxygen atoms in total. The number of fused-ring (bicyclic) bond motifs is 11. The van der Waals surface area contributed by atoms with Gasteiger partial charge in [-0.25, -0.2) is 0 Å². The van der Waals surface area contributed by atoms with Crippen LogP contribution in [0.25, 0.3) is 0 Å². The van der Waals surface area contributed by atoms with Crippen molar-refractivity contribution in [2.75, 3.05) is 33.5 Å². The van der Waals surface area contributed by atoms with Crippen molar-refractivity contribution >= 4 is 67.8 Å². The normalized spacial score (nSPS) is 25.0.